The van der Waals surface area contributed by atoms with Crippen molar-refractivity contribution in [3.63, 3.8) is 0 Å². The van der Waals surface area contributed by atoms with Crippen LogP contribution in [0.3, 0.4) is 0 Å². The molecule has 2 aromatic carbocycles. The average molecular weight is 388 g/mol. The van der Waals surface area contributed by atoms with Crippen molar-refractivity contribution in [1.29, 1.82) is 0 Å². The summed E-state index contributed by atoms with van der Waals surface area (Å²) in [4.78, 5) is 23.8. The maximum absolute atomic E-state index is 13.1. The first kappa shape index (κ1) is 18.9. The monoisotopic (exact) mass is 388 g/mol. The van der Waals surface area contributed by atoms with E-state index in [1.54, 1.807) is 20.1 Å². The lowest BCUT2D eigenvalue weighted by atomic mass is 10.00. The lowest BCUT2D eigenvalue weighted by Gasteiger charge is -2.28. The molecule has 1 amide bonds. The molecule has 29 heavy (non-hydrogen) atoms. The molecule has 6 nitrogen and oxygen atoms in total. The van der Waals surface area contributed by atoms with Crippen LogP contribution >= 0.6 is 0 Å². The fraction of sp³-hybridized carbons (Fsp3) is 0.261. The first-order chi connectivity index (χ1) is 14.0. The van der Waals surface area contributed by atoms with Crippen LogP contribution in [-0.4, -0.2) is 34.4 Å². The second kappa shape index (κ2) is 7.91. The molecule has 0 unspecified atom stereocenters. The largest absolute Gasteiger partial charge is 0.495 e. The molecule has 2 heterocycles. The number of nitrogens with one attached hydrogen (secondary N) is 1. The van der Waals surface area contributed by atoms with Crippen molar-refractivity contribution < 1.29 is 9.53 Å². The number of ether oxygens (including phenoxy) is 1. The van der Waals surface area contributed by atoms with E-state index in [-0.39, 0.29) is 5.91 Å². The molecule has 0 saturated heterocycles. The molecule has 1 aromatic heterocycles. The average Bonchev–Trinajstić information content (AvgIpc) is 2.72. The van der Waals surface area contributed by atoms with Crippen LogP contribution in [0.1, 0.15) is 33.0 Å². The third-order valence-corrected chi connectivity index (χ3v) is 5.09. The van der Waals surface area contributed by atoms with E-state index in [4.69, 9.17) is 4.74 Å². The van der Waals surface area contributed by atoms with Gasteiger partial charge >= 0.3 is 0 Å². The minimum absolute atomic E-state index is 0.0794. The number of benzene rings is 2. The van der Waals surface area contributed by atoms with Crippen molar-refractivity contribution in [2.75, 3.05) is 19.0 Å². The summed E-state index contributed by atoms with van der Waals surface area (Å²) in [5, 5.41) is 3.27. The van der Waals surface area contributed by atoms with Crippen molar-refractivity contribution in [3.8, 4) is 5.75 Å². The fourth-order valence-electron chi connectivity index (χ4n) is 3.63. The zero-order valence-electron chi connectivity index (χ0n) is 16.9. The van der Waals surface area contributed by atoms with Crippen LogP contribution in [0, 0.1) is 13.8 Å². The number of hydrogen-bond donors (Lipinski definition) is 1. The molecule has 6 heteroatoms. The molecule has 0 aliphatic carbocycles. The highest BCUT2D eigenvalue weighted by molar-refractivity contribution is 5.93. The van der Waals surface area contributed by atoms with Crippen molar-refractivity contribution in [2.45, 2.75) is 26.8 Å². The number of carbonyl (C=O) groups is 1. The maximum Gasteiger partial charge on any atom is 0.272 e. The van der Waals surface area contributed by atoms with Crippen LogP contribution in [0.2, 0.25) is 0 Å². The zero-order valence-corrected chi connectivity index (χ0v) is 16.9. The van der Waals surface area contributed by atoms with Gasteiger partial charge in [0.15, 0.2) is 0 Å². The quantitative estimate of drug-likeness (QED) is 0.730. The van der Waals surface area contributed by atoms with E-state index < -0.39 is 0 Å². The predicted molar refractivity (Wildman–Crippen MR) is 113 cm³/mol. The van der Waals surface area contributed by atoms with E-state index in [1.165, 1.54) is 11.1 Å². The SMILES string of the molecule is COc1ccc(C)cc1Nc1cc(C(=O)N2CCc3ccccc3C2)nc(C)n1. The number of methoxy groups -OCH3 is 1. The highest BCUT2D eigenvalue weighted by Gasteiger charge is 2.23. The number of amides is 1. The van der Waals surface area contributed by atoms with Gasteiger partial charge in [-0.25, -0.2) is 9.97 Å². The van der Waals surface area contributed by atoms with Crippen LogP contribution in [0.15, 0.2) is 48.5 Å². The molecule has 0 bridgehead atoms. The summed E-state index contributed by atoms with van der Waals surface area (Å²) in [5.74, 6) is 1.75. The number of carbonyl (C=O) groups excluding carboxylic acids is 1. The van der Waals surface area contributed by atoms with Gasteiger partial charge in [0.2, 0.25) is 0 Å². The fourth-order valence-corrected chi connectivity index (χ4v) is 3.63. The molecule has 0 radical (unpaired) electrons. The van der Waals surface area contributed by atoms with E-state index in [0.717, 1.165) is 17.7 Å². The Morgan fingerprint density at radius 2 is 1.86 bits per heavy atom. The highest BCUT2D eigenvalue weighted by Crippen LogP contribution is 2.28. The van der Waals surface area contributed by atoms with Crippen LogP contribution in [0.4, 0.5) is 11.5 Å². The molecule has 0 atom stereocenters. The summed E-state index contributed by atoms with van der Waals surface area (Å²) < 4.78 is 5.43. The zero-order chi connectivity index (χ0) is 20.4. The van der Waals surface area contributed by atoms with Gasteiger partial charge in [0.1, 0.15) is 23.1 Å². The standard InChI is InChI=1S/C23H24N4O2/c1-15-8-9-21(29-3)19(12-15)26-22-13-20(24-16(2)25-22)23(28)27-11-10-17-6-4-5-7-18(17)14-27/h4-9,12-13H,10-11,14H2,1-3H3,(H,24,25,26). The number of aryl methyl sites for hydroxylation is 2. The van der Waals surface area contributed by atoms with Gasteiger partial charge in [-0.05, 0) is 49.1 Å². The Morgan fingerprint density at radius 3 is 2.66 bits per heavy atom. The summed E-state index contributed by atoms with van der Waals surface area (Å²) in [6.45, 7) is 5.10. The van der Waals surface area contributed by atoms with E-state index in [2.05, 4.69) is 27.4 Å². The van der Waals surface area contributed by atoms with Gasteiger partial charge in [0.25, 0.3) is 5.91 Å². The minimum atomic E-state index is -0.0794. The van der Waals surface area contributed by atoms with Crippen LogP contribution in [0.5, 0.6) is 5.75 Å². The van der Waals surface area contributed by atoms with Gasteiger partial charge in [-0.1, -0.05) is 30.3 Å². The lowest BCUT2D eigenvalue weighted by Crippen LogP contribution is -2.36. The van der Waals surface area contributed by atoms with Crippen molar-refractivity contribution in [1.82, 2.24) is 14.9 Å². The second-order valence-corrected chi connectivity index (χ2v) is 7.26. The maximum atomic E-state index is 13.1. The Labute approximate surface area is 170 Å². The molecule has 4 rings (SSSR count). The molecular formula is C23H24N4O2. The Kier molecular flexibility index (Phi) is 5.16. The number of rotatable bonds is 4. The van der Waals surface area contributed by atoms with Gasteiger partial charge < -0.3 is 15.0 Å². The summed E-state index contributed by atoms with van der Waals surface area (Å²) in [6, 6.07) is 15.8. The molecule has 148 valence electrons. The number of nitrogens with zero attached hydrogens (tertiary/aromatic N) is 3. The van der Waals surface area contributed by atoms with E-state index in [0.29, 0.717) is 36.2 Å². The third-order valence-electron chi connectivity index (χ3n) is 5.09. The van der Waals surface area contributed by atoms with E-state index in [9.17, 15) is 4.79 Å². The number of fused-ring (bicyclic) bond motifs is 1. The summed E-state index contributed by atoms with van der Waals surface area (Å²) in [7, 11) is 1.63. The number of aromatic nitrogens is 2. The van der Waals surface area contributed by atoms with Crippen molar-refractivity contribution in [3.05, 3.63) is 76.7 Å². The molecule has 1 aliphatic rings. The first-order valence-corrected chi connectivity index (χ1v) is 9.67. The normalized spacial score (nSPS) is 13.0. The topological polar surface area (TPSA) is 67.3 Å². The molecule has 1 N–H and O–H groups in total. The molecule has 0 fully saturated rings. The van der Waals surface area contributed by atoms with Crippen LogP contribution < -0.4 is 10.1 Å². The number of hydrogen-bond acceptors (Lipinski definition) is 5. The summed E-state index contributed by atoms with van der Waals surface area (Å²) in [5.41, 5.74) is 4.80. The Bertz CT molecular complexity index is 1060. The molecule has 0 saturated carbocycles. The molecular weight excluding hydrogens is 364 g/mol. The van der Waals surface area contributed by atoms with Gasteiger partial charge in [-0.15, -0.1) is 0 Å². The molecule has 3 aromatic rings. The van der Waals surface area contributed by atoms with Gasteiger partial charge in [0, 0.05) is 19.2 Å². The molecule has 1 aliphatic heterocycles. The highest BCUT2D eigenvalue weighted by atomic mass is 16.5. The van der Waals surface area contributed by atoms with Gasteiger partial charge in [0.05, 0.1) is 12.8 Å². The minimum Gasteiger partial charge on any atom is -0.495 e. The lowest BCUT2D eigenvalue weighted by molar-refractivity contribution is 0.0728. The smallest absolute Gasteiger partial charge is 0.272 e. The summed E-state index contributed by atoms with van der Waals surface area (Å²) in [6.07, 6.45) is 0.859. The second-order valence-electron chi connectivity index (χ2n) is 7.26. The Hall–Kier alpha value is -3.41. The van der Waals surface area contributed by atoms with E-state index in [1.807, 2.05) is 42.2 Å². The van der Waals surface area contributed by atoms with Crippen LogP contribution in [0.25, 0.3) is 0 Å². The van der Waals surface area contributed by atoms with Gasteiger partial charge in [-0.3, -0.25) is 4.79 Å². The summed E-state index contributed by atoms with van der Waals surface area (Å²) >= 11 is 0. The Balaban J connectivity index is 1.59. The van der Waals surface area contributed by atoms with Crippen molar-refractivity contribution in [2.24, 2.45) is 0 Å². The molecule has 0 spiro atoms. The van der Waals surface area contributed by atoms with Crippen molar-refractivity contribution >= 4 is 17.4 Å². The van der Waals surface area contributed by atoms with E-state index >= 15 is 0 Å². The predicted octanol–water partition coefficient (Wildman–Crippen LogP) is 4.04. The Morgan fingerprint density at radius 1 is 1.07 bits per heavy atom. The van der Waals surface area contributed by atoms with Crippen LogP contribution in [-0.2, 0) is 13.0 Å². The first-order valence-electron chi connectivity index (χ1n) is 9.67. The van der Waals surface area contributed by atoms with Gasteiger partial charge in [-0.2, -0.15) is 0 Å². The number of anilines is 2. The third kappa shape index (κ3) is 4.06.